The Bertz CT molecular complexity index is 487. The van der Waals surface area contributed by atoms with Gasteiger partial charge < -0.3 is 10.6 Å². The van der Waals surface area contributed by atoms with Gasteiger partial charge >= 0.3 is 0 Å². The highest BCUT2D eigenvalue weighted by Crippen LogP contribution is 2.18. The van der Waals surface area contributed by atoms with Crippen LogP contribution in [-0.4, -0.2) is 44.1 Å². The van der Waals surface area contributed by atoms with Crippen LogP contribution in [-0.2, 0) is 6.54 Å². The summed E-state index contributed by atoms with van der Waals surface area (Å²) < 4.78 is 0. The highest BCUT2D eigenvalue weighted by molar-refractivity contribution is 5.79. The molecule has 1 saturated heterocycles. The topological polar surface area (TPSA) is 39.7 Å². The summed E-state index contributed by atoms with van der Waals surface area (Å²) in [7, 11) is 1.85. The van der Waals surface area contributed by atoms with Crippen LogP contribution in [0.25, 0.3) is 0 Å². The summed E-state index contributed by atoms with van der Waals surface area (Å²) >= 11 is 0. The molecule has 2 rings (SSSR count). The Morgan fingerprint density at radius 2 is 1.88 bits per heavy atom. The number of hydrogen-bond donors (Lipinski definition) is 2. The van der Waals surface area contributed by atoms with Gasteiger partial charge in [-0.2, -0.15) is 0 Å². The quantitative estimate of drug-likeness (QED) is 0.458. The van der Waals surface area contributed by atoms with Gasteiger partial charge in [0.05, 0.1) is 0 Å². The Morgan fingerprint density at radius 3 is 2.50 bits per heavy atom. The number of piperidine rings is 1. The average molecular weight is 331 g/mol. The summed E-state index contributed by atoms with van der Waals surface area (Å²) in [4.78, 5) is 6.88. The first-order chi connectivity index (χ1) is 11.7. The average Bonchev–Trinajstić information content (AvgIpc) is 2.61. The van der Waals surface area contributed by atoms with Crippen LogP contribution in [0.3, 0.4) is 0 Å². The molecule has 4 heteroatoms. The van der Waals surface area contributed by atoms with E-state index >= 15 is 0 Å². The molecule has 1 fully saturated rings. The zero-order chi connectivity index (χ0) is 17.2. The molecule has 1 heterocycles. The smallest absolute Gasteiger partial charge is 0.190 e. The van der Waals surface area contributed by atoms with Crippen LogP contribution >= 0.6 is 0 Å². The van der Waals surface area contributed by atoms with Crippen LogP contribution in [0.2, 0.25) is 0 Å². The highest BCUT2D eigenvalue weighted by Gasteiger charge is 2.19. The van der Waals surface area contributed by atoms with E-state index in [1.54, 1.807) is 0 Å². The maximum atomic E-state index is 4.31. The van der Waals surface area contributed by atoms with E-state index in [4.69, 9.17) is 0 Å². The Kier molecular flexibility index (Phi) is 8.10. The van der Waals surface area contributed by atoms with Gasteiger partial charge in [0.15, 0.2) is 5.96 Å². The minimum absolute atomic E-state index is 0.754. The molecule has 0 spiro atoms. The maximum Gasteiger partial charge on any atom is 0.190 e. The van der Waals surface area contributed by atoms with E-state index in [0.29, 0.717) is 0 Å². The molecule has 1 aromatic rings. The number of nitrogens with zero attached hydrogens (tertiary/aromatic N) is 2. The van der Waals surface area contributed by atoms with Crippen molar-refractivity contribution in [2.45, 2.75) is 46.1 Å². The standard InChI is InChI=1S/C20H34N4/c1-4-5-12-22-20(21-3)23-15-18-10-13-24(14-11-18)16-19-8-6-17(2)7-9-19/h6-9,18H,4-5,10-16H2,1-3H3,(H2,21,22,23). The molecular formula is C20H34N4. The molecule has 0 aliphatic carbocycles. The van der Waals surface area contributed by atoms with Crippen LogP contribution in [0, 0.1) is 12.8 Å². The second-order valence-corrected chi connectivity index (χ2v) is 6.94. The number of rotatable bonds is 7. The van der Waals surface area contributed by atoms with Crippen molar-refractivity contribution in [3.05, 3.63) is 35.4 Å². The first-order valence-corrected chi connectivity index (χ1v) is 9.43. The van der Waals surface area contributed by atoms with Gasteiger partial charge in [-0.1, -0.05) is 43.2 Å². The molecule has 0 amide bonds. The van der Waals surface area contributed by atoms with Crippen LogP contribution in [0.1, 0.15) is 43.7 Å². The van der Waals surface area contributed by atoms with Crippen LogP contribution in [0.15, 0.2) is 29.3 Å². The molecule has 1 aromatic carbocycles. The Balaban J connectivity index is 1.66. The van der Waals surface area contributed by atoms with Crippen molar-refractivity contribution in [3.8, 4) is 0 Å². The van der Waals surface area contributed by atoms with E-state index in [-0.39, 0.29) is 0 Å². The van der Waals surface area contributed by atoms with E-state index in [1.165, 1.54) is 49.9 Å². The molecular weight excluding hydrogens is 296 g/mol. The monoisotopic (exact) mass is 330 g/mol. The minimum atomic E-state index is 0.754. The molecule has 24 heavy (non-hydrogen) atoms. The van der Waals surface area contributed by atoms with Gasteiger partial charge in [0.25, 0.3) is 0 Å². The summed E-state index contributed by atoms with van der Waals surface area (Å²) in [5.41, 5.74) is 2.77. The third-order valence-corrected chi connectivity index (χ3v) is 4.84. The molecule has 0 radical (unpaired) electrons. The highest BCUT2D eigenvalue weighted by atomic mass is 15.2. The molecule has 1 aliphatic rings. The molecule has 0 aromatic heterocycles. The number of hydrogen-bond acceptors (Lipinski definition) is 2. The summed E-state index contributed by atoms with van der Waals surface area (Å²) in [6.45, 7) is 9.87. The first kappa shape index (κ1) is 18.8. The van der Waals surface area contributed by atoms with Crippen molar-refractivity contribution in [2.75, 3.05) is 33.2 Å². The number of likely N-dealkylation sites (tertiary alicyclic amines) is 1. The van der Waals surface area contributed by atoms with Gasteiger partial charge in [-0.15, -0.1) is 0 Å². The molecule has 0 bridgehead atoms. The van der Waals surface area contributed by atoms with Gasteiger partial charge in [0, 0.05) is 26.7 Å². The molecule has 0 saturated carbocycles. The van der Waals surface area contributed by atoms with Crippen molar-refractivity contribution in [1.82, 2.24) is 15.5 Å². The molecule has 134 valence electrons. The van der Waals surface area contributed by atoms with Gasteiger partial charge in [-0.3, -0.25) is 9.89 Å². The van der Waals surface area contributed by atoms with E-state index in [0.717, 1.165) is 31.5 Å². The minimum Gasteiger partial charge on any atom is -0.356 e. The Morgan fingerprint density at radius 1 is 1.17 bits per heavy atom. The van der Waals surface area contributed by atoms with Gasteiger partial charge in [0.1, 0.15) is 0 Å². The lowest BCUT2D eigenvalue weighted by Gasteiger charge is -2.32. The second kappa shape index (κ2) is 10.3. The largest absolute Gasteiger partial charge is 0.356 e. The third-order valence-electron chi connectivity index (χ3n) is 4.84. The first-order valence-electron chi connectivity index (χ1n) is 9.43. The maximum absolute atomic E-state index is 4.31. The third kappa shape index (κ3) is 6.52. The van der Waals surface area contributed by atoms with Crippen molar-refractivity contribution in [1.29, 1.82) is 0 Å². The van der Waals surface area contributed by atoms with E-state index in [2.05, 4.69) is 58.6 Å². The molecule has 0 unspecified atom stereocenters. The number of nitrogens with one attached hydrogen (secondary N) is 2. The van der Waals surface area contributed by atoms with Gasteiger partial charge in [0.2, 0.25) is 0 Å². The Labute approximate surface area is 147 Å². The summed E-state index contributed by atoms with van der Waals surface area (Å²) in [6, 6.07) is 8.94. The summed E-state index contributed by atoms with van der Waals surface area (Å²) in [5, 5.41) is 6.87. The molecule has 1 aliphatic heterocycles. The predicted octanol–water partition coefficient (Wildman–Crippen LogP) is 3.17. The number of guanidine groups is 1. The lowest BCUT2D eigenvalue weighted by Crippen LogP contribution is -2.42. The second-order valence-electron chi connectivity index (χ2n) is 6.94. The zero-order valence-corrected chi connectivity index (χ0v) is 15.6. The fourth-order valence-corrected chi connectivity index (χ4v) is 3.15. The summed E-state index contributed by atoms with van der Waals surface area (Å²) in [5.74, 6) is 1.70. The number of benzene rings is 1. The van der Waals surface area contributed by atoms with Crippen LogP contribution in [0.5, 0.6) is 0 Å². The number of aliphatic imine (C=N–C) groups is 1. The summed E-state index contributed by atoms with van der Waals surface area (Å²) in [6.07, 6.45) is 4.94. The molecule has 0 atom stereocenters. The van der Waals surface area contributed by atoms with Crippen molar-refractivity contribution in [3.63, 3.8) is 0 Å². The van der Waals surface area contributed by atoms with Crippen molar-refractivity contribution >= 4 is 5.96 Å². The Hall–Kier alpha value is -1.55. The SMILES string of the molecule is CCCCNC(=NC)NCC1CCN(Cc2ccc(C)cc2)CC1. The normalized spacial score (nSPS) is 17.0. The van der Waals surface area contributed by atoms with Gasteiger partial charge in [-0.25, -0.2) is 0 Å². The van der Waals surface area contributed by atoms with E-state index < -0.39 is 0 Å². The van der Waals surface area contributed by atoms with Gasteiger partial charge in [-0.05, 0) is 50.8 Å². The number of unbranched alkanes of at least 4 members (excludes halogenated alkanes) is 1. The zero-order valence-electron chi connectivity index (χ0n) is 15.6. The lowest BCUT2D eigenvalue weighted by atomic mass is 9.96. The fourth-order valence-electron chi connectivity index (χ4n) is 3.15. The predicted molar refractivity (Wildman–Crippen MR) is 103 cm³/mol. The van der Waals surface area contributed by atoms with E-state index in [1.807, 2.05) is 7.05 Å². The van der Waals surface area contributed by atoms with Crippen LogP contribution in [0.4, 0.5) is 0 Å². The van der Waals surface area contributed by atoms with Crippen molar-refractivity contribution < 1.29 is 0 Å². The lowest BCUT2D eigenvalue weighted by molar-refractivity contribution is 0.178. The van der Waals surface area contributed by atoms with Crippen molar-refractivity contribution in [2.24, 2.45) is 10.9 Å². The molecule has 2 N–H and O–H groups in total. The van der Waals surface area contributed by atoms with Crippen LogP contribution < -0.4 is 10.6 Å². The van der Waals surface area contributed by atoms with E-state index in [9.17, 15) is 0 Å². The number of aryl methyl sites for hydroxylation is 1. The fraction of sp³-hybridized carbons (Fsp3) is 0.650. The molecule has 4 nitrogen and oxygen atoms in total.